The second-order valence-electron chi connectivity index (χ2n) is 8.57. The van der Waals surface area contributed by atoms with Crippen molar-refractivity contribution < 1.29 is 13.9 Å². The number of benzene rings is 3. The zero-order chi connectivity index (χ0) is 21.9. The van der Waals surface area contributed by atoms with Gasteiger partial charge in [0.25, 0.3) is 0 Å². The van der Waals surface area contributed by atoms with E-state index in [1.807, 2.05) is 30.3 Å². The summed E-state index contributed by atoms with van der Waals surface area (Å²) in [4.78, 5) is 4.92. The molecule has 5 rings (SSSR count). The van der Waals surface area contributed by atoms with E-state index in [0.29, 0.717) is 12.6 Å². The third kappa shape index (κ3) is 4.30. The first-order valence-electron chi connectivity index (χ1n) is 11.4. The van der Waals surface area contributed by atoms with Crippen molar-refractivity contribution >= 4 is 11.4 Å². The molecule has 5 heteroatoms. The van der Waals surface area contributed by atoms with Crippen LogP contribution in [0.1, 0.15) is 24.0 Å². The van der Waals surface area contributed by atoms with Gasteiger partial charge in [-0.2, -0.15) is 0 Å². The lowest BCUT2D eigenvalue weighted by Gasteiger charge is -2.32. The van der Waals surface area contributed by atoms with E-state index < -0.39 is 0 Å². The predicted octanol–water partition coefficient (Wildman–Crippen LogP) is 5.57. The van der Waals surface area contributed by atoms with Gasteiger partial charge in [0.05, 0.1) is 12.8 Å². The number of fused-ring (bicyclic) bond motifs is 2. The van der Waals surface area contributed by atoms with Gasteiger partial charge in [-0.3, -0.25) is 4.90 Å². The summed E-state index contributed by atoms with van der Waals surface area (Å²) in [6.45, 7) is 3.36. The third-order valence-electron chi connectivity index (χ3n) is 6.59. The van der Waals surface area contributed by atoms with Gasteiger partial charge in [0.2, 0.25) is 0 Å². The van der Waals surface area contributed by atoms with Crippen LogP contribution in [0.15, 0.2) is 66.7 Å². The Balaban J connectivity index is 1.37. The lowest BCUT2D eigenvalue weighted by atomic mass is 10.1. The molecule has 0 amide bonds. The molecule has 2 aliphatic rings. The highest BCUT2D eigenvalue weighted by Crippen LogP contribution is 2.40. The molecular formula is C27H29FN2O2. The van der Waals surface area contributed by atoms with Crippen LogP contribution in [0, 0.1) is 5.82 Å². The van der Waals surface area contributed by atoms with Crippen molar-refractivity contribution in [1.29, 1.82) is 0 Å². The Morgan fingerprint density at radius 3 is 2.84 bits per heavy atom. The average Bonchev–Trinajstić information content (AvgIpc) is 3.21. The Morgan fingerprint density at radius 2 is 1.94 bits per heavy atom. The standard InChI is InChI=1S/C27H29FN2O2/c1-31-24-8-4-6-20(16-24)13-15-29-14-5-7-23(29)18-30-25-12-11-22(28)17-21(25)19-32-27-10-3-2-9-26(27)30/h2-4,6,8-12,16-17,23H,5,7,13-15,18-19H2,1H3. The summed E-state index contributed by atoms with van der Waals surface area (Å²) in [5.41, 5.74) is 4.28. The van der Waals surface area contributed by atoms with E-state index in [-0.39, 0.29) is 5.82 Å². The van der Waals surface area contributed by atoms with Gasteiger partial charge in [0.15, 0.2) is 0 Å². The first kappa shape index (κ1) is 20.8. The van der Waals surface area contributed by atoms with Crippen molar-refractivity contribution in [3.05, 3.63) is 83.7 Å². The molecule has 4 nitrogen and oxygen atoms in total. The highest BCUT2D eigenvalue weighted by molar-refractivity contribution is 5.73. The van der Waals surface area contributed by atoms with Crippen molar-refractivity contribution in [2.75, 3.05) is 31.6 Å². The smallest absolute Gasteiger partial charge is 0.143 e. The van der Waals surface area contributed by atoms with Crippen molar-refractivity contribution in [3.63, 3.8) is 0 Å². The van der Waals surface area contributed by atoms with Crippen LogP contribution in [-0.2, 0) is 13.0 Å². The molecule has 2 heterocycles. The van der Waals surface area contributed by atoms with Crippen molar-refractivity contribution in [2.24, 2.45) is 0 Å². The Morgan fingerprint density at radius 1 is 1.03 bits per heavy atom. The van der Waals surface area contributed by atoms with E-state index in [2.05, 4.69) is 34.1 Å². The van der Waals surface area contributed by atoms with E-state index in [9.17, 15) is 4.39 Å². The second-order valence-corrected chi connectivity index (χ2v) is 8.57. The molecule has 0 bridgehead atoms. The summed E-state index contributed by atoms with van der Waals surface area (Å²) in [6.07, 6.45) is 3.36. The highest BCUT2D eigenvalue weighted by atomic mass is 19.1. The maximum Gasteiger partial charge on any atom is 0.143 e. The summed E-state index contributed by atoms with van der Waals surface area (Å²) in [5, 5.41) is 0. The molecule has 0 N–H and O–H groups in total. The fourth-order valence-corrected chi connectivity index (χ4v) is 4.92. The van der Waals surface area contributed by atoms with Gasteiger partial charge >= 0.3 is 0 Å². The summed E-state index contributed by atoms with van der Waals surface area (Å²) >= 11 is 0. The van der Waals surface area contributed by atoms with Gasteiger partial charge in [0, 0.05) is 30.4 Å². The number of nitrogens with zero attached hydrogens (tertiary/aromatic N) is 2. The minimum Gasteiger partial charge on any atom is -0.497 e. The van der Waals surface area contributed by atoms with Gasteiger partial charge in [-0.25, -0.2) is 4.39 Å². The number of halogens is 1. The number of hydrogen-bond donors (Lipinski definition) is 0. The molecule has 0 aliphatic carbocycles. The van der Waals surface area contributed by atoms with Crippen molar-refractivity contribution in [1.82, 2.24) is 4.90 Å². The summed E-state index contributed by atoms with van der Waals surface area (Å²) in [6, 6.07) is 21.9. The third-order valence-corrected chi connectivity index (χ3v) is 6.59. The van der Waals surface area contributed by atoms with Gasteiger partial charge in [-0.1, -0.05) is 24.3 Å². The SMILES string of the molecule is COc1cccc(CCN2CCCC2CN2c3ccc(F)cc3COc3ccccc32)c1. The Kier molecular flexibility index (Phi) is 5.99. The molecule has 1 atom stereocenters. The van der Waals surface area contributed by atoms with E-state index in [4.69, 9.17) is 9.47 Å². The zero-order valence-corrected chi connectivity index (χ0v) is 18.5. The maximum absolute atomic E-state index is 14.0. The molecule has 166 valence electrons. The largest absolute Gasteiger partial charge is 0.497 e. The molecule has 0 radical (unpaired) electrons. The van der Waals surface area contributed by atoms with E-state index >= 15 is 0 Å². The minimum atomic E-state index is -0.223. The Labute approximate surface area is 189 Å². The molecule has 32 heavy (non-hydrogen) atoms. The summed E-state index contributed by atoms with van der Waals surface area (Å²) in [7, 11) is 1.71. The normalized spacial score (nSPS) is 17.9. The van der Waals surface area contributed by atoms with Crippen LogP contribution in [0.2, 0.25) is 0 Å². The number of anilines is 2. The number of rotatable bonds is 6. The fourth-order valence-electron chi connectivity index (χ4n) is 4.92. The minimum absolute atomic E-state index is 0.223. The molecule has 3 aromatic carbocycles. The molecule has 0 aromatic heterocycles. The molecule has 2 aliphatic heterocycles. The molecule has 1 unspecified atom stereocenters. The molecule has 1 saturated heterocycles. The topological polar surface area (TPSA) is 24.9 Å². The van der Waals surface area contributed by atoms with Crippen LogP contribution in [0.25, 0.3) is 0 Å². The molecule has 3 aromatic rings. The monoisotopic (exact) mass is 432 g/mol. The Hall–Kier alpha value is -3.05. The fraction of sp³-hybridized carbons (Fsp3) is 0.333. The van der Waals surface area contributed by atoms with Gasteiger partial charge in [-0.05, 0) is 73.8 Å². The number of methoxy groups -OCH3 is 1. The lowest BCUT2D eigenvalue weighted by molar-refractivity contribution is 0.261. The summed E-state index contributed by atoms with van der Waals surface area (Å²) < 4.78 is 25.4. The number of hydrogen-bond acceptors (Lipinski definition) is 4. The van der Waals surface area contributed by atoms with Crippen molar-refractivity contribution in [3.8, 4) is 11.5 Å². The van der Waals surface area contributed by atoms with Crippen molar-refractivity contribution in [2.45, 2.75) is 31.9 Å². The van der Waals surface area contributed by atoms with E-state index in [1.165, 1.54) is 12.0 Å². The summed E-state index contributed by atoms with van der Waals surface area (Å²) in [5.74, 6) is 1.54. The van der Waals surface area contributed by atoms with Crippen LogP contribution in [0.3, 0.4) is 0 Å². The molecule has 0 saturated carbocycles. The molecule has 1 fully saturated rings. The first-order valence-corrected chi connectivity index (χ1v) is 11.4. The van der Waals surface area contributed by atoms with Crippen LogP contribution < -0.4 is 14.4 Å². The lowest BCUT2D eigenvalue weighted by Crippen LogP contribution is -2.39. The van der Waals surface area contributed by atoms with Crippen LogP contribution >= 0.6 is 0 Å². The average molecular weight is 433 g/mol. The van der Waals surface area contributed by atoms with E-state index in [1.54, 1.807) is 19.2 Å². The van der Waals surface area contributed by atoms with Crippen LogP contribution in [-0.4, -0.2) is 37.7 Å². The van der Waals surface area contributed by atoms with E-state index in [0.717, 1.165) is 60.9 Å². The second kappa shape index (κ2) is 9.21. The zero-order valence-electron chi connectivity index (χ0n) is 18.5. The Bertz CT molecular complexity index is 1090. The van der Waals surface area contributed by atoms with Crippen LogP contribution in [0.4, 0.5) is 15.8 Å². The predicted molar refractivity (Wildman–Crippen MR) is 125 cm³/mol. The number of ether oxygens (including phenoxy) is 2. The van der Waals surface area contributed by atoms with Gasteiger partial charge in [-0.15, -0.1) is 0 Å². The molecule has 0 spiro atoms. The molecular weight excluding hydrogens is 403 g/mol. The van der Waals surface area contributed by atoms with Crippen LogP contribution in [0.5, 0.6) is 11.5 Å². The number of para-hydroxylation sites is 2. The quantitative estimate of drug-likeness (QED) is 0.508. The highest BCUT2D eigenvalue weighted by Gasteiger charge is 2.30. The maximum atomic E-state index is 14.0. The first-order chi connectivity index (χ1) is 15.7. The van der Waals surface area contributed by atoms with Gasteiger partial charge in [0.1, 0.15) is 23.9 Å². The van der Waals surface area contributed by atoms with Gasteiger partial charge < -0.3 is 14.4 Å². The number of likely N-dealkylation sites (tertiary alicyclic amines) is 1.